The van der Waals surface area contributed by atoms with Crippen LogP contribution in [-0.2, 0) is 14.4 Å². The van der Waals surface area contributed by atoms with Gasteiger partial charge in [0.15, 0.2) is 0 Å². The molecule has 0 aromatic rings. The highest BCUT2D eigenvalue weighted by molar-refractivity contribution is 5.79. The molecule has 5 aliphatic rings. The van der Waals surface area contributed by atoms with E-state index < -0.39 is 6.17 Å². The molecule has 0 radical (unpaired) electrons. The van der Waals surface area contributed by atoms with Crippen LogP contribution in [0.15, 0.2) is 0 Å². The summed E-state index contributed by atoms with van der Waals surface area (Å²) >= 11 is 0. The molecule has 2 aliphatic carbocycles. The van der Waals surface area contributed by atoms with E-state index in [4.69, 9.17) is 4.84 Å². The van der Waals surface area contributed by atoms with Crippen molar-refractivity contribution >= 4 is 11.8 Å². The molecule has 0 aromatic heterocycles. The zero-order valence-electron chi connectivity index (χ0n) is 20.9. The first-order chi connectivity index (χ1) is 17.1. The molecule has 0 bridgehead atoms. The lowest BCUT2D eigenvalue weighted by Gasteiger charge is -2.42. The van der Waals surface area contributed by atoms with Crippen molar-refractivity contribution in [3.05, 3.63) is 0 Å². The van der Waals surface area contributed by atoms with E-state index in [2.05, 4.69) is 26.5 Å². The number of carbonyl (C=O) groups excluding carboxylic acids is 2. The van der Waals surface area contributed by atoms with Crippen LogP contribution in [0.4, 0.5) is 4.39 Å². The summed E-state index contributed by atoms with van der Waals surface area (Å²) in [4.78, 5) is 35.3. The Morgan fingerprint density at radius 3 is 2.69 bits per heavy atom. The van der Waals surface area contributed by atoms with Crippen LogP contribution < -0.4 is 21.6 Å². The Bertz CT molecular complexity index is 736. The van der Waals surface area contributed by atoms with Crippen molar-refractivity contribution in [2.75, 3.05) is 32.7 Å². The van der Waals surface area contributed by atoms with Gasteiger partial charge in [0.05, 0.1) is 6.17 Å². The van der Waals surface area contributed by atoms with Gasteiger partial charge >= 0.3 is 0 Å². The van der Waals surface area contributed by atoms with Gasteiger partial charge in [0, 0.05) is 44.6 Å². The van der Waals surface area contributed by atoms with Crippen LogP contribution in [0.1, 0.15) is 70.6 Å². The highest BCUT2D eigenvalue weighted by atomic mass is 19.1. The van der Waals surface area contributed by atoms with Gasteiger partial charge in [-0.2, -0.15) is 5.48 Å². The van der Waals surface area contributed by atoms with Crippen molar-refractivity contribution in [3.63, 3.8) is 0 Å². The Labute approximate surface area is 208 Å². The summed E-state index contributed by atoms with van der Waals surface area (Å²) in [6, 6.07) is 0.284. The maximum Gasteiger partial charge on any atom is 0.237 e. The first kappa shape index (κ1) is 25.3. The van der Waals surface area contributed by atoms with E-state index in [0.717, 1.165) is 71.2 Å². The number of hydrogen-bond donors (Lipinski definition) is 4. The van der Waals surface area contributed by atoms with E-state index in [0.29, 0.717) is 37.5 Å². The average Bonchev–Trinajstić information content (AvgIpc) is 3.23. The van der Waals surface area contributed by atoms with Crippen LogP contribution in [0.5, 0.6) is 0 Å². The summed E-state index contributed by atoms with van der Waals surface area (Å²) in [5.41, 5.74) is 9.27. The number of hydrazine groups is 1. The summed E-state index contributed by atoms with van der Waals surface area (Å²) < 4.78 is 13.4. The summed E-state index contributed by atoms with van der Waals surface area (Å²) in [5, 5.41) is 3.45. The van der Waals surface area contributed by atoms with Crippen LogP contribution >= 0.6 is 0 Å². The van der Waals surface area contributed by atoms with Crippen LogP contribution in [0.3, 0.4) is 0 Å². The van der Waals surface area contributed by atoms with Crippen LogP contribution in [0, 0.1) is 17.8 Å². The minimum absolute atomic E-state index is 0.0521. The van der Waals surface area contributed by atoms with E-state index in [1.807, 2.05) is 4.90 Å². The number of hydrogen-bond acceptors (Lipinski definition) is 7. The second-order valence-corrected chi connectivity index (χ2v) is 11.2. The molecule has 4 N–H and O–H groups in total. The van der Waals surface area contributed by atoms with Gasteiger partial charge < -0.3 is 4.90 Å². The normalized spacial score (nSPS) is 39.1. The molecule has 35 heavy (non-hydrogen) atoms. The summed E-state index contributed by atoms with van der Waals surface area (Å²) in [7, 11) is 0. The molecule has 10 heteroatoms. The van der Waals surface area contributed by atoms with Gasteiger partial charge in [0.2, 0.25) is 11.8 Å². The molecule has 5 atom stereocenters. The molecular formula is C25H43FN6O3. The lowest BCUT2D eigenvalue weighted by atomic mass is 9.74. The number of rotatable bonds is 6. The van der Waals surface area contributed by atoms with E-state index in [-0.39, 0.29) is 36.2 Å². The Balaban J connectivity index is 1.03. The molecule has 198 valence electrons. The smallest absolute Gasteiger partial charge is 0.237 e. The zero-order chi connectivity index (χ0) is 24.2. The number of amides is 2. The fraction of sp³-hybridized carbons (Fsp3) is 0.920. The van der Waals surface area contributed by atoms with Gasteiger partial charge in [-0.05, 0) is 69.7 Å². The summed E-state index contributed by atoms with van der Waals surface area (Å²) in [5.74, 6) is 1.30. The van der Waals surface area contributed by atoms with E-state index in [1.54, 1.807) is 0 Å². The minimum Gasteiger partial charge on any atom is -0.341 e. The van der Waals surface area contributed by atoms with Gasteiger partial charge in [-0.15, -0.1) is 0 Å². The van der Waals surface area contributed by atoms with Crippen molar-refractivity contribution in [1.82, 2.24) is 31.4 Å². The third kappa shape index (κ3) is 6.33. The molecule has 3 aliphatic heterocycles. The van der Waals surface area contributed by atoms with Gasteiger partial charge in [-0.3, -0.25) is 30.1 Å². The maximum absolute atomic E-state index is 13.4. The molecule has 2 saturated carbocycles. The number of halogens is 1. The lowest BCUT2D eigenvalue weighted by molar-refractivity contribution is -0.134. The van der Waals surface area contributed by atoms with E-state index in [1.165, 1.54) is 6.42 Å². The highest BCUT2D eigenvalue weighted by Gasteiger charge is 2.40. The second-order valence-electron chi connectivity index (χ2n) is 11.2. The van der Waals surface area contributed by atoms with Crippen molar-refractivity contribution in [2.24, 2.45) is 17.8 Å². The molecular weight excluding hydrogens is 451 g/mol. The van der Waals surface area contributed by atoms with Gasteiger partial charge in [-0.1, -0.05) is 12.8 Å². The van der Waals surface area contributed by atoms with E-state index >= 15 is 0 Å². The molecule has 5 rings (SSSR count). The van der Waals surface area contributed by atoms with Gasteiger partial charge in [-0.25, -0.2) is 9.82 Å². The van der Waals surface area contributed by atoms with Crippen molar-refractivity contribution < 1.29 is 18.8 Å². The van der Waals surface area contributed by atoms with Crippen molar-refractivity contribution in [3.8, 4) is 0 Å². The monoisotopic (exact) mass is 494 g/mol. The largest absolute Gasteiger partial charge is 0.341 e. The minimum atomic E-state index is -0.657. The lowest BCUT2D eigenvalue weighted by Crippen LogP contribution is -2.62. The molecule has 3 heterocycles. The molecule has 3 saturated heterocycles. The highest BCUT2D eigenvalue weighted by Crippen LogP contribution is 2.34. The first-order valence-electron chi connectivity index (χ1n) is 13.9. The second kappa shape index (κ2) is 11.8. The number of nitrogens with one attached hydrogen (secondary N) is 4. The van der Waals surface area contributed by atoms with Gasteiger partial charge in [0.1, 0.15) is 12.4 Å². The predicted octanol–water partition coefficient (Wildman–Crippen LogP) is 1.42. The molecule has 5 fully saturated rings. The maximum atomic E-state index is 13.4. The Morgan fingerprint density at radius 1 is 1.00 bits per heavy atom. The Morgan fingerprint density at radius 2 is 1.83 bits per heavy atom. The third-order valence-corrected chi connectivity index (χ3v) is 8.95. The number of fused-ring (bicyclic) bond motifs is 1. The number of nitrogens with zero attached hydrogens (tertiary/aromatic N) is 2. The molecule has 9 nitrogen and oxygen atoms in total. The van der Waals surface area contributed by atoms with Crippen molar-refractivity contribution in [2.45, 2.75) is 95.2 Å². The van der Waals surface area contributed by atoms with Crippen LogP contribution in [-0.4, -0.2) is 78.9 Å². The molecule has 0 aromatic carbocycles. The number of hydroxylamine groups is 1. The van der Waals surface area contributed by atoms with Crippen molar-refractivity contribution in [1.29, 1.82) is 0 Å². The average molecular weight is 495 g/mol. The standard InChI is InChI=1S/C25H43FN6O3/c26-18-8-6-17(7-9-18)24-27-22(35-30-24)10-11-23(33)32-13-3-12-31(14-15-32)16-21-19-4-1-2-5-20(19)25(34)29-28-21/h17-22,24,27-28,30H,1-16H2,(H,29,34). The quantitative estimate of drug-likeness (QED) is 0.443. The topological polar surface area (TPSA) is 98.0 Å². The Hall–Kier alpha value is -1.33. The summed E-state index contributed by atoms with van der Waals surface area (Å²) in [6.07, 6.45) is 8.78. The van der Waals surface area contributed by atoms with Crippen LogP contribution in [0.25, 0.3) is 0 Å². The third-order valence-electron chi connectivity index (χ3n) is 8.95. The SMILES string of the molecule is O=C1NNC(CN2CCCN(C(=O)CCC3NC(C4CCC(F)CC4)NO3)CC2)C2CCCCC12. The predicted molar refractivity (Wildman–Crippen MR) is 129 cm³/mol. The Kier molecular flexibility index (Phi) is 8.55. The van der Waals surface area contributed by atoms with Gasteiger partial charge in [0.25, 0.3) is 0 Å². The zero-order valence-corrected chi connectivity index (χ0v) is 20.9. The number of alkyl halides is 1. The fourth-order valence-corrected chi connectivity index (χ4v) is 6.82. The fourth-order valence-electron chi connectivity index (χ4n) is 6.82. The molecule has 2 amide bonds. The van der Waals surface area contributed by atoms with Crippen LogP contribution in [0.2, 0.25) is 0 Å². The number of carbonyl (C=O) groups is 2. The molecule has 0 spiro atoms. The summed E-state index contributed by atoms with van der Waals surface area (Å²) in [6.45, 7) is 4.31. The van der Waals surface area contributed by atoms with E-state index in [9.17, 15) is 14.0 Å². The molecule has 5 unspecified atom stereocenters. The first-order valence-corrected chi connectivity index (χ1v) is 13.9.